The maximum absolute atomic E-state index is 11.9. The van der Waals surface area contributed by atoms with Gasteiger partial charge in [0.05, 0.1) is 12.2 Å². The van der Waals surface area contributed by atoms with E-state index >= 15 is 0 Å². The highest BCUT2D eigenvalue weighted by atomic mass is 16.6. The number of hydrogen-bond donors (Lipinski definition) is 0. The number of esters is 2. The summed E-state index contributed by atoms with van der Waals surface area (Å²) in [6.45, 7) is 7.65. The quantitative estimate of drug-likeness (QED) is 0.367. The Morgan fingerprint density at radius 2 is 1.37 bits per heavy atom. The topological polar surface area (TPSA) is 61.8 Å². The third kappa shape index (κ3) is 8.59. The molecule has 0 bridgehead atoms. The van der Waals surface area contributed by atoms with E-state index in [1.54, 1.807) is 34.8 Å². The Morgan fingerprint density at radius 1 is 0.895 bits per heavy atom. The summed E-state index contributed by atoms with van der Waals surface area (Å²) in [6, 6.07) is 0. The molecule has 0 aromatic carbocycles. The van der Waals surface area contributed by atoms with Gasteiger partial charge in [0.25, 0.3) is 0 Å². The average Bonchev–Trinajstić information content (AvgIpc) is 2.26. The standard InChI is InChI=1S/C14H26O5/c1-10(2)18-13(15)12(8-6-7-9-17-5)14(16)19-11(3)4/h10-12H,6-9H2,1-5H3. The summed E-state index contributed by atoms with van der Waals surface area (Å²) in [4.78, 5) is 23.8. The second-order valence-electron chi connectivity index (χ2n) is 5.01. The van der Waals surface area contributed by atoms with Gasteiger partial charge in [-0.3, -0.25) is 9.59 Å². The van der Waals surface area contributed by atoms with Gasteiger partial charge in [-0.15, -0.1) is 0 Å². The van der Waals surface area contributed by atoms with Crippen molar-refractivity contribution in [1.29, 1.82) is 0 Å². The monoisotopic (exact) mass is 274 g/mol. The molecule has 0 fully saturated rings. The molecule has 0 radical (unpaired) electrons. The van der Waals surface area contributed by atoms with E-state index in [0.717, 1.165) is 12.8 Å². The molecular formula is C14H26O5. The Labute approximate surface area is 115 Å². The summed E-state index contributed by atoms with van der Waals surface area (Å²) >= 11 is 0. The van der Waals surface area contributed by atoms with Crippen LogP contribution in [0.5, 0.6) is 0 Å². The first kappa shape index (κ1) is 17.9. The van der Waals surface area contributed by atoms with E-state index in [-0.39, 0.29) is 12.2 Å². The van der Waals surface area contributed by atoms with Crippen LogP contribution in [0, 0.1) is 5.92 Å². The van der Waals surface area contributed by atoms with Crippen molar-refractivity contribution in [3.05, 3.63) is 0 Å². The van der Waals surface area contributed by atoms with Crippen molar-refractivity contribution in [2.45, 2.75) is 59.2 Å². The maximum Gasteiger partial charge on any atom is 0.320 e. The van der Waals surface area contributed by atoms with Crippen LogP contribution in [0.1, 0.15) is 47.0 Å². The molecule has 0 aliphatic rings. The minimum atomic E-state index is -0.832. The van der Waals surface area contributed by atoms with Gasteiger partial charge in [0.15, 0.2) is 5.92 Å². The Balaban J connectivity index is 4.45. The van der Waals surface area contributed by atoms with Gasteiger partial charge < -0.3 is 14.2 Å². The predicted molar refractivity (Wildman–Crippen MR) is 71.7 cm³/mol. The van der Waals surface area contributed by atoms with E-state index in [1.165, 1.54) is 0 Å². The van der Waals surface area contributed by atoms with Crippen molar-refractivity contribution in [3.63, 3.8) is 0 Å². The Morgan fingerprint density at radius 3 is 1.74 bits per heavy atom. The number of unbranched alkanes of at least 4 members (excludes halogenated alkanes) is 1. The zero-order valence-corrected chi connectivity index (χ0v) is 12.6. The van der Waals surface area contributed by atoms with Crippen molar-refractivity contribution in [1.82, 2.24) is 0 Å². The molecular weight excluding hydrogens is 248 g/mol. The summed E-state index contributed by atoms with van der Waals surface area (Å²) in [5.74, 6) is -1.84. The van der Waals surface area contributed by atoms with Gasteiger partial charge >= 0.3 is 11.9 Å². The summed E-state index contributed by atoms with van der Waals surface area (Å²) < 4.78 is 15.1. The van der Waals surface area contributed by atoms with Gasteiger partial charge in [-0.05, 0) is 47.0 Å². The molecule has 0 saturated heterocycles. The molecule has 5 nitrogen and oxygen atoms in total. The van der Waals surface area contributed by atoms with Crippen molar-refractivity contribution in [2.75, 3.05) is 13.7 Å². The first-order chi connectivity index (χ1) is 8.88. The van der Waals surface area contributed by atoms with Crippen LogP contribution in [0.2, 0.25) is 0 Å². The Hall–Kier alpha value is -1.10. The second kappa shape index (κ2) is 9.78. The van der Waals surface area contributed by atoms with E-state index in [4.69, 9.17) is 14.2 Å². The molecule has 0 aromatic rings. The van der Waals surface area contributed by atoms with Gasteiger partial charge in [0.1, 0.15) is 0 Å². The first-order valence-corrected chi connectivity index (χ1v) is 6.78. The van der Waals surface area contributed by atoms with Crippen LogP contribution in [0.15, 0.2) is 0 Å². The number of carbonyl (C=O) groups excluding carboxylic acids is 2. The van der Waals surface area contributed by atoms with Crippen LogP contribution in [-0.2, 0) is 23.8 Å². The van der Waals surface area contributed by atoms with Crippen LogP contribution >= 0.6 is 0 Å². The van der Waals surface area contributed by atoms with E-state index in [0.29, 0.717) is 13.0 Å². The predicted octanol–water partition coefficient (Wildman–Crippen LogP) is 2.32. The molecule has 0 spiro atoms. The third-order valence-corrected chi connectivity index (χ3v) is 2.36. The highest BCUT2D eigenvalue weighted by molar-refractivity contribution is 5.95. The molecule has 0 atom stereocenters. The molecule has 0 aromatic heterocycles. The summed E-state index contributed by atoms with van der Waals surface area (Å²) in [7, 11) is 1.62. The average molecular weight is 274 g/mol. The summed E-state index contributed by atoms with van der Waals surface area (Å²) in [5.41, 5.74) is 0. The zero-order chi connectivity index (χ0) is 14.8. The molecule has 0 N–H and O–H groups in total. The molecule has 0 heterocycles. The molecule has 0 aliphatic carbocycles. The smallest absolute Gasteiger partial charge is 0.320 e. The molecule has 112 valence electrons. The molecule has 0 saturated carbocycles. The minimum Gasteiger partial charge on any atom is -0.462 e. The summed E-state index contributed by atoms with van der Waals surface area (Å²) in [6.07, 6.45) is 1.48. The molecule has 5 heteroatoms. The van der Waals surface area contributed by atoms with E-state index < -0.39 is 17.9 Å². The summed E-state index contributed by atoms with van der Waals surface area (Å²) in [5, 5.41) is 0. The Kier molecular flexibility index (Phi) is 9.21. The largest absolute Gasteiger partial charge is 0.462 e. The van der Waals surface area contributed by atoms with Gasteiger partial charge in [-0.25, -0.2) is 0 Å². The molecule has 0 rings (SSSR count). The lowest BCUT2D eigenvalue weighted by atomic mass is 10.0. The fourth-order valence-electron chi connectivity index (χ4n) is 1.56. The Bertz CT molecular complexity index is 251. The lowest BCUT2D eigenvalue weighted by molar-refractivity contribution is -0.166. The number of rotatable bonds is 9. The lowest BCUT2D eigenvalue weighted by Crippen LogP contribution is -2.31. The van der Waals surface area contributed by atoms with Crippen LogP contribution < -0.4 is 0 Å². The van der Waals surface area contributed by atoms with Gasteiger partial charge in [-0.2, -0.15) is 0 Å². The fourth-order valence-corrected chi connectivity index (χ4v) is 1.56. The maximum atomic E-state index is 11.9. The van der Waals surface area contributed by atoms with E-state index in [1.807, 2.05) is 0 Å². The highest BCUT2D eigenvalue weighted by Crippen LogP contribution is 2.15. The number of ether oxygens (including phenoxy) is 3. The third-order valence-electron chi connectivity index (χ3n) is 2.36. The minimum absolute atomic E-state index is 0.235. The van der Waals surface area contributed by atoms with Crippen LogP contribution in [0.4, 0.5) is 0 Å². The lowest BCUT2D eigenvalue weighted by Gasteiger charge is -2.18. The van der Waals surface area contributed by atoms with Crippen molar-refractivity contribution in [2.24, 2.45) is 5.92 Å². The SMILES string of the molecule is COCCCCC(C(=O)OC(C)C)C(=O)OC(C)C. The van der Waals surface area contributed by atoms with Crippen molar-refractivity contribution < 1.29 is 23.8 Å². The number of hydrogen-bond acceptors (Lipinski definition) is 5. The second-order valence-corrected chi connectivity index (χ2v) is 5.01. The van der Waals surface area contributed by atoms with Crippen molar-refractivity contribution >= 4 is 11.9 Å². The van der Waals surface area contributed by atoms with E-state index in [2.05, 4.69) is 0 Å². The van der Waals surface area contributed by atoms with Crippen LogP contribution in [-0.4, -0.2) is 37.9 Å². The fraction of sp³-hybridized carbons (Fsp3) is 0.857. The van der Waals surface area contributed by atoms with Gasteiger partial charge in [-0.1, -0.05) is 0 Å². The molecule has 0 amide bonds. The number of methoxy groups -OCH3 is 1. The first-order valence-electron chi connectivity index (χ1n) is 6.78. The van der Waals surface area contributed by atoms with Crippen molar-refractivity contribution in [3.8, 4) is 0 Å². The highest BCUT2D eigenvalue weighted by Gasteiger charge is 2.30. The molecule has 0 aliphatic heterocycles. The van der Waals surface area contributed by atoms with Crippen LogP contribution in [0.25, 0.3) is 0 Å². The van der Waals surface area contributed by atoms with Gasteiger partial charge in [0.2, 0.25) is 0 Å². The van der Waals surface area contributed by atoms with E-state index in [9.17, 15) is 9.59 Å². The zero-order valence-electron chi connectivity index (χ0n) is 12.6. The van der Waals surface area contributed by atoms with Crippen LogP contribution in [0.3, 0.4) is 0 Å². The number of carbonyl (C=O) groups is 2. The normalized spacial score (nSPS) is 11.2. The van der Waals surface area contributed by atoms with Gasteiger partial charge in [0, 0.05) is 13.7 Å². The molecule has 19 heavy (non-hydrogen) atoms. The molecule has 0 unspecified atom stereocenters.